The lowest BCUT2D eigenvalue weighted by Crippen LogP contribution is -2.75. The highest BCUT2D eigenvalue weighted by Gasteiger charge is 2.56. The topological polar surface area (TPSA) is 12.0 Å². The monoisotopic (exact) mass is 461 g/mol. The summed E-state index contributed by atoms with van der Waals surface area (Å²) in [4.78, 5) is 4.36. The van der Waals surface area contributed by atoms with Gasteiger partial charge >= 0.3 is 0 Å². The van der Waals surface area contributed by atoms with Gasteiger partial charge in [-0.05, 0) is 87.8 Å². The van der Waals surface area contributed by atoms with Gasteiger partial charge in [0.15, 0.2) is 8.24 Å². The molecule has 2 aromatic rings. The smallest absolute Gasteiger partial charge is 0.194 e. The zero-order valence-corrected chi connectivity index (χ0v) is 22.8. The van der Waals surface area contributed by atoms with E-state index in [2.05, 4.69) is 126 Å². The molecule has 1 N–H and O–H groups in total. The van der Waals surface area contributed by atoms with Gasteiger partial charge < -0.3 is 4.98 Å². The van der Waals surface area contributed by atoms with Crippen LogP contribution in [0.15, 0.2) is 72.8 Å². The van der Waals surface area contributed by atoms with Crippen molar-refractivity contribution in [1.29, 1.82) is 0 Å². The second-order valence-corrected chi connectivity index (χ2v) is 17.6. The average Bonchev–Trinajstić information content (AvgIpc) is 3.13. The fourth-order valence-corrected chi connectivity index (χ4v) is 13.7. The minimum Gasteiger partial charge on any atom is -0.325 e. The maximum atomic E-state index is 4.36. The molecule has 1 fully saturated rings. The molecule has 2 aliphatic rings. The van der Waals surface area contributed by atoms with Crippen LogP contribution in [0.3, 0.4) is 0 Å². The summed E-state index contributed by atoms with van der Waals surface area (Å²) in [6.45, 7) is 16.4. The Kier molecular flexibility index (Phi) is 6.70. The Labute approximate surface area is 198 Å². The predicted molar refractivity (Wildman–Crippen MR) is 146 cm³/mol. The number of aryl methyl sites for hydroxylation is 2. The van der Waals surface area contributed by atoms with E-state index in [0.717, 1.165) is 5.66 Å². The molecular formula is C29H40NPSi. The van der Waals surface area contributed by atoms with Crippen LogP contribution in [0, 0.1) is 25.7 Å². The zero-order valence-electron chi connectivity index (χ0n) is 20.9. The molecule has 4 rings (SSSR count). The van der Waals surface area contributed by atoms with Crippen LogP contribution in [0.2, 0.25) is 5.54 Å². The van der Waals surface area contributed by atoms with Crippen LogP contribution in [0.1, 0.15) is 38.3 Å². The quantitative estimate of drug-likeness (QED) is 0.426. The molecule has 1 saturated carbocycles. The first kappa shape index (κ1) is 23.7. The Bertz CT molecular complexity index is 936. The maximum Gasteiger partial charge on any atom is 0.194 e. The van der Waals surface area contributed by atoms with Crippen LogP contribution in [0.25, 0.3) is 0 Å². The van der Waals surface area contributed by atoms with Crippen molar-refractivity contribution < 1.29 is 0 Å². The van der Waals surface area contributed by atoms with Gasteiger partial charge in [-0.2, -0.15) is 0 Å². The minimum atomic E-state index is -2.32. The first-order chi connectivity index (χ1) is 15.1. The highest BCUT2D eigenvalue weighted by Crippen LogP contribution is 2.57. The van der Waals surface area contributed by atoms with Gasteiger partial charge in [-0.15, -0.1) is 7.92 Å². The molecule has 0 spiro atoms. The standard InChI is InChI=1S/C29H40NPSi/c1-21-12-16-23(17-13-21)32(30-29(3,4)5,24-18-14-22(2)15-19-24)28-20-27(31(6)7)25-10-8-9-11-26(25)28/h8-19,25-28,30H,20H2,1-7H3. The minimum absolute atomic E-state index is 0.00915. The Morgan fingerprint density at radius 3 is 1.69 bits per heavy atom. The maximum absolute atomic E-state index is 4.36. The first-order valence-corrected chi connectivity index (χ1v) is 16.4. The lowest BCUT2D eigenvalue weighted by atomic mass is 9.91. The summed E-state index contributed by atoms with van der Waals surface area (Å²) in [7, 11) is -2.31. The second kappa shape index (κ2) is 9.05. The summed E-state index contributed by atoms with van der Waals surface area (Å²) >= 11 is 0. The molecule has 3 heteroatoms. The summed E-state index contributed by atoms with van der Waals surface area (Å²) in [6, 6.07) is 19.0. The van der Waals surface area contributed by atoms with E-state index in [1.54, 1.807) is 0 Å². The summed E-state index contributed by atoms with van der Waals surface area (Å²) in [5.74, 6) is 1.29. The van der Waals surface area contributed by atoms with Crippen LogP contribution in [-0.2, 0) is 0 Å². The number of hydrogen-bond donors (Lipinski definition) is 1. The molecule has 2 aliphatic carbocycles. The molecule has 2 aromatic carbocycles. The number of rotatable bonds is 5. The third-order valence-electron chi connectivity index (χ3n) is 7.43. The van der Waals surface area contributed by atoms with Gasteiger partial charge in [0.05, 0.1) is 0 Å². The lowest BCUT2D eigenvalue weighted by molar-refractivity contribution is 0.493. The van der Waals surface area contributed by atoms with Crippen molar-refractivity contribution in [1.82, 2.24) is 4.98 Å². The molecule has 0 heterocycles. The van der Waals surface area contributed by atoms with E-state index in [0.29, 0.717) is 17.4 Å². The molecule has 1 nitrogen and oxygen atoms in total. The van der Waals surface area contributed by atoms with Crippen molar-refractivity contribution in [2.24, 2.45) is 11.8 Å². The molecule has 0 aliphatic heterocycles. The van der Waals surface area contributed by atoms with E-state index in [4.69, 9.17) is 0 Å². The van der Waals surface area contributed by atoms with Crippen molar-refractivity contribution in [3.63, 3.8) is 0 Å². The Morgan fingerprint density at radius 1 is 0.781 bits per heavy atom. The third-order valence-corrected chi connectivity index (χ3v) is 14.7. The molecular weight excluding hydrogens is 421 g/mol. The fraction of sp³-hybridized carbons (Fsp3) is 0.448. The molecule has 4 unspecified atom stereocenters. The van der Waals surface area contributed by atoms with Crippen molar-refractivity contribution in [3.8, 4) is 0 Å². The van der Waals surface area contributed by atoms with E-state index in [-0.39, 0.29) is 13.5 Å². The molecule has 32 heavy (non-hydrogen) atoms. The van der Waals surface area contributed by atoms with Gasteiger partial charge in [-0.3, -0.25) is 0 Å². The molecule has 0 saturated heterocycles. The summed E-state index contributed by atoms with van der Waals surface area (Å²) in [6.07, 6.45) is 11.0. The summed E-state index contributed by atoms with van der Waals surface area (Å²) < 4.78 is 0. The van der Waals surface area contributed by atoms with E-state index in [9.17, 15) is 0 Å². The van der Waals surface area contributed by atoms with E-state index in [1.165, 1.54) is 27.9 Å². The van der Waals surface area contributed by atoms with Gasteiger partial charge in [0.1, 0.15) is 0 Å². The van der Waals surface area contributed by atoms with Crippen LogP contribution in [-0.4, -0.2) is 32.8 Å². The second-order valence-electron chi connectivity index (χ2n) is 11.2. The third kappa shape index (κ3) is 4.47. The molecule has 170 valence electrons. The van der Waals surface area contributed by atoms with Gasteiger partial charge in [-0.25, -0.2) is 0 Å². The van der Waals surface area contributed by atoms with Gasteiger partial charge in [-0.1, -0.05) is 84.0 Å². The normalized spacial score (nSPS) is 25.4. The van der Waals surface area contributed by atoms with Gasteiger partial charge in [0, 0.05) is 5.54 Å². The van der Waals surface area contributed by atoms with E-state index in [1.807, 2.05) is 0 Å². The Hall–Kier alpha value is -1.47. The van der Waals surface area contributed by atoms with Crippen LogP contribution in [0.5, 0.6) is 0 Å². The fourth-order valence-electron chi connectivity index (χ4n) is 6.08. The largest absolute Gasteiger partial charge is 0.325 e. The van der Waals surface area contributed by atoms with Crippen LogP contribution >= 0.6 is 7.92 Å². The lowest BCUT2D eigenvalue weighted by Gasteiger charge is -2.46. The Balaban J connectivity index is 1.97. The highest BCUT2D eigenvalue weighted by atomic mass is 31.1. The van der Waals surface area contributed by atoms with Crippen molar-refractivity contribution in [2.75, 3.05) is 13.3 Å². The number of nitrogens with one attached hydrogen (secondary N) is 1. The molecule has 0 aromatic heterocycles. The molecule has 0 amide bonds. The van der Waals surface area contributed by atoms with E-state index >= 15 is 0 Å². The van der Waals surface area contributed by atoms with Gasteiger partial charge in [0.25, 0.3) is 0 Å². The Morgan fingerprint density at radius 2 is 1.25 bits per heavy atom. The highest BCUT2D eigenvalue weighted by molar-refractivity contribution is 7.56. The van der Waals surface area contributed by atoms with E-state index < -0.39 is 8.24 Å². The predicted octanol–water partition coefficient (Wildman–Crippen LogP) is 5.99. The number of fused-ring (bicyclic) bond motifs is 1. The SMILES string of the molecule is Cc1ccc([Si](NC(C)(C)C)(c2ccc(C)cc2)C2CC(P(C)C)C3C=CC=CC32)cc1. The van der Waals surface area contributed by atoms with Crippen molar-refractivity contribution in [2.45, 2.75) is 57.8 Å². The average molecular weight is 462 g/mol. The summed E-state index contributed by atoms with van der Waals surface area (Å²) in [5.41, 5.74) is 4.14. The van der Waals surface area contributed by atoms with Crippen molar-refractivity contribution in [3.05, 3.63) is 84.0 Å². The first-order valence-electron chi connectivity index (χ1n) is 12.1. The van der Waals surface area contributed by atoms with Crippen LogP contribution < -0.4 is 15.4 Å². The zero-order chi connectivity index (χ0) is 23.1. The molecule has 0 bridgehead atoms. The summed E-state index contributed by atoms with van der Waals surface area (Å²) in [5, 5.41) is 3.07. The van der Waals surface area contributed by atoms with Crippen LogP contribution in [0.4, 0.5) is 0 Å². The molecule has 4 atom stereocenters. The number of benzene rings is 2. The number of allylic oxidation sites excluding steroid dienone is 4. The van der Waals surface area contributed by atoms with Gasteiger partial charge in [0.2, 0.25) is 0 Å². The number of hydrogen-bond acceptors (Lipinski definition) is 1. The van der Waals surface area contributed by atoms with Crippen molar-refractivity contribution >= 4 is 26.5 Å². The molecule has 0 radical (unpaired) electrons.